The highest BCUT2D eigenvalue weighted by Crippen LogP contribution is 2.26. The maximum absolute atomic E-state index is 12.7. The molecule has 0 aliphatic carbocycles. The molecule has 1 atom stereocenters. The van der Waals surface area contributed by atoms with Crippen LogP contribution in [0.4, 0.5) is 5.82 Å². The second-order valence-corrected chi connectivity index (χ2v) is 7.61. The van der Waals surface area contributed by atoms with Gasteiger partial charge in [-0.2, -0.15) is 4.31 Å². The number of aromatic nitrogens is 1. The summed E-state index contributed by atoms with van der Waals surface area (Å²) in [6, 6.07) is 1.60. The molecule has 1 unspecified atom stereocenters. The van der Waals surface area contributed by atoms with Crippen molar-refractivity contribution in [2.24, 2.45) is 5.84 Å². The zero-order valence-electron chi connectivity index (χ0n) is 12.1. The lowest BCUT2D eigenvalue weighted by atomic mass is 10.1. The Kier molecular flexibility index (Phi) is 5.05. The molecule has 7 nitrogen and oxygen atoms in total. The highest BCUT2D eigenvalue weighted by atomic mass is 35.5. The van der Waals surface area contributed by atoms with Gasteiger partial charge >= 0.3 is 0 Å². The number of piperidine rings is 1. The zero-order chi connectivity index (χ0) is 15.6. The molecule has 1 aliphatic heterocycles. The number of hydrogen-bond donors (Lipinski definition) is 2. The summed E-state index contributed by atoms with van der Waals surface area (Å²) in [5.41, 5.74) is 2.32. The number of sulfonamides is 1. The Morgan fingerprint density at radius 3 is 2.81 bits per heavy atom. The molecule has 1 aromatic heterocycles. The van der Waals surface area contributed by atoms with Crippen LogP contribution < -0.4 is 11.3 Å². The van der Waals surface area contributed by atoms with Crippen molar-refractivity contribution < 1.29 is 8.42 Å². The fourth-order valence-corrected chi connectivity index (χ4v) is 4.15. The fourth-order valence-electron chi connectivity index (χ4n) is 2.38. The third-order valence-electron chi connectivity index (χ3n) is 3.68. The Morgan fingerprint density at radius 1 is 1.52 bits per heavy atom. The van der Waals surface area contributed by atoms with E-state index in [1.165, 1.54) is 16.6 Å². The smallest absolute Gasteiger partial charge is 0.244 e. The van der Waals surface area contributed by atoms with Gasteiger partial charge in [-0.1, -0.05) is 11.6 Å². The molecular weight excluding hydrogens is 314 g/mol. The van der Waals surface area contributed by atoms with Crippen molar-refractivity contribution >= 4 is 27.4 Å². The van der Waals surface area contributed by atoms with Gasteiger partial charge in [0.25, 0.3) is 0 Å². The second-order valence-electron chi connectivity index (χ2n) is 5.27. The Balaban J connectivity index is 2.27. The predicted molar refractivity (Wildman–Crippen MR) is 82.5 cm³/mol. The Bertz CT molecular complexity index is 608. The third kappa shape index (κ3) is 3.46. The SMILES string of the molecule is CN(C)C1CCCN(S(=O)(=O)c2cnc(NN)c(Cl)c2)C1. The molecule has 1 aliphatic rings. The third-order valence-corrected chi connectivity index (χ3v) is 5.80. The Hall–Kier alpha value is -0.930. The van der Waals surface area contributed by atoms with Gasteiger partial charge in [0.2, 0.25) is 10.0 Å². The summed E-state index contributed by atoms with van der Waals surface area (Å²) in [5.74, 6) is 5.49. The molecule has 118 valence electrons. The van der Waals surface area contributed by atoms with Gasteiger partial charge < -0.3 is 10.3 Å². The van der Waals surface area contributed by atoms with Crippen molar-refractivity contribution in [3.8, 4) is 0 Å². The lowest BCUT2D eigenvalue weighted by molar-refractivity contribution is 0.190. The van der Waals surface area contributed by atoms with E-state index in [0.29, 0.717) is 13.1 Å². The second kappa shape index (κ2) is 6.45. The maximum Gasteiger partial charge on any atom is 0.244 e. The van der Waals surface area contributed by atoms with Gasteiger partial charge in [0, 0.05) is 25.3 Å². The quantitative estimate of drug-likeness (QED) is 0.623. The molecule has 1 fully saturated rings. The molecule has 0 amide bonds. The van der Waals surface area contributed by atoms with Gasteiger partial charge in [0.15, 0.2) is 5.82 Å². The number of nitrogens with two attached hydrogens (primary N) is 1. The standard InChI is InChI=1S/C12H20ClN5O2S/c1-17(2)9-4-3-5-18(8-9)21(19,20)10-6-11(13)12(16-14)15-7-10/h6-7,9H,3-5,8,14H2,1-2H3,(H,15,16). The molecule has 9 heteroatoms. The fraction of sp³-hybridized carbons (Fsp3) is 0.583. The van der Waals surface area contributed by atoms with E-state index in [1.807, 2.05) is 19.0 Å². The Morgan fingerprint density at radius 2 is 2.24 bits per heavy atom. The summed E-state index contributed by atoms with van der Waals surface area (Å²) in [5, 5.41) is 0.180. The van der Waals surface area contributed by atoms with E-state index in [9.17, 15) is 8.42 Å². The van der Waals surface area contributed by atoms with Crippen molar-refractivity contribution in [3.63, 3.8) is 0 Å². The van der Waals surface area contributed by atoms with Gasteiger partial charge in [-0.05, 0) is 33.0 Å². The minimum atomic E-state index is -3.58. The van der Waals surface area contributed by atoms with E-state index >= 15 is 0 Å². The average Bonchev–Trinajstić information content (AvgIpc) is 2.47. The van der Waals surface area contributed by atoms with Gasteiger partial charge in [-0.15, -0.1) is 0 Å². The number of nitrogens with one attached hydrogen (secondary N) is 1. The van der Waals surface area contributed by atoms with E-state index in [2.05, 4.69) is 10.4 Å². The highest BCUT2D eigenvalue weighted by molar-refractivity contribution is 7.89. The number of nitrogens with zero attached hydrogens (tertiary/aromatic N) is 3. The summed E-state index contributed by atoms with van der Waals surface area (Å²) in [4.78, 5) is 6.07. The molecule has 0 spiro atoms. The number of anilines is 1. The van der Waals surface area contributed by atoms with E-state index in [-0.39, 0.29) is 21.8 Å². The molecule has 1 aromatic rings. The summed E-state index contributed by atoms with van der Waals surface area (Å²) in [7, 11) is 0.334. The monoisotopic (exact) mass is 333 g/mol. The van der Waals surface area contributed by atoms with Gasteiger partial charge in [-0.3, -0.25) is 0 Å². The van der Waals surface area contributed by atoms with E-state index in [4.69, 9.17) is 17.4 Å². The number of hydrogen-bond acceptors (Lipinski definition) is 6. The van der Waals surface area contributed by atoms with Crippen molar-refractivity contribution in [2.45, 2.75) is 23.8 Å². The molecule has 2 rings (SSSR count). The van der Waals surface area contributed by atoms with Crippen LogP contribution in [0.3, 0.4) is 0 Å². The summed E-state index contributed by atoms with van der Waals surface area (Å²) in [6.45, 7) is 0.991. The zero-order valence-corrected chi connectivity index (χ0v) is 13.7. The van der Waals surface area contributed by atoms with Crippen molar-refractivity contribution in [1.82, 2.24) is 14.2 Å². The first kappa shape index (κ1) is 16.4. The maximum atomic E-state index is 12.7. The van der Waals surface area contributed by atoms with Crippen LogP contribution >= 0.6 is 11.6 Å². The molecule has 0 bridgehead atoms. The van der Waals surface area contributed by atoms with Gasteiger partial charge in [0.05, 0.1) is 5.02 Å². The Labute approximate surface area is 130 Å². The number of pyridine rings is 1. The van der Waals surface area contributed by atoms with Gasteiger partial charge in [-0.25, -0.2) is 19.2 Å². The van der Waals surface area contributed by atoms with Crippen LogP contribution in [0.1, 0.15) is 12.8 Å². The summed E-state index contributed by atoms with van der Waals surface area (Å²) < 4.78 is 26.8. The predicted octanol–water partition coefficient (Wildman–Crippen LogP) is 0.735. The normalized spacial score (nSPS) is 20.7. The van der Waals surface area contributed by atoms with E-state index in [1.54, 1.807) is 0 Å². The van der Waals surface area contributed by atoms with Crippen LogP contribution in [-0.4, -0.2) is 55.8 Å². The number of halogens is 1. The van der Waals surface area contributed by atoms with Gasteiger partial charge in [0.1, 0.15) is 4.90 Å². The van der Waals surface area contributed by atoms with Crippen molar-refractivity contribution in [2.75, 3.05) is 32.6 Å². The van der Waals surface area contributed by atoms with Crippen LogP contribution in [0.15, 0.2) is 17.2 Å². The van der Waals surface area contributed by atoms with E-state index in [0.717, 1.165) is 12.8 Å². The first-order valence-electron chi connectivity index (χ1n) is 6.65. The minimum absolute atomic E-state index is 0.0888. The number of hydrazine groups is 1. The summed E-state index contributed by atoms with van der Waals surface area (Å²) >= 11 is 5.96. The van der Waals surface area contributed by atoms with Crippen molar-refractivity contribution in [1.29, 1.82) is 0 Å². The first-order valence-corrected chi connectivity index (χ1v) is 8.47. The average molecular weight is 334 g/mol. The molecule has 3 N–H and O–H groups in total. The van der Waals surface area contributed by atoms with Crippen LogP contribution in [-0.2, 0) is 10.0 Å². The molecule has 2 heterocycles. The van der Waals surface area contributed by atoms with Crippen LogP contribution in [0.5, 0.6) is 0 Å². The van der Waals surface area contributed by atoms with Crippen LogP contribution in [0.2, 0.25) is 5.02 Å². The largest absolute Gasteiger partial charge is 0.307 e. The highest BCUT2D eigenvalue weighted by Gasteiger charge is 2.31. The topological polar surface area (TPSA) is 91.6 Å². The molecule has 1 saturated heterocycles. The van der Waals surface area contributed by atoms with E-state index < -0.39 is 10.0 Å². The molecule has 0 radical (unpaired) electrons. The summed E-state index contributed by atoms with van der Waals surface area (Å²) in [6.07, 6.45) is 3.11. The molecule has 0 aromatic carbocycles. The first-order chi connectivity index (χ1) is 9.86. The molecular formula is C12H20ClN5O2S. The van der Waals surface area contributed by atoms with Crippen LogP contribution in [0, 0.1) is 0 Å². The number of nitrogen functional groups attached to an aromatic ring is 1. The molecule has 0 saturated carbocycles. The van der Waals surface area contributed by atoms with Crippen molar-refractivity contribution in [3.05, 3.63) is 17.3 Å². The van der Waals surface area contributed by atoms with Crippen LogP contribution in [0.25, 0.3) is 0 Å². The minimum Gasteiger partial charge on any atom is -0.307 e. The lowest BCUT2D eigenvalue weighted by Crippen LogP contribution is -2.47. The lowest BCUT2D eigenvalue weighted by Gasteiger charge is -2.35. The molecule has 21 heavy (non-hydrogen) atoms. The number of likely N-dealkylation sites (N-methyl/N-ethyl adjacent to an activating group) is 1. The number of rotatable bonds is 4.